The van der Waals surface area contributed by atoms with Crippen molar-refractivity contribution < 1.29 is 17.9 Å². The summed E-state index contributed by atoms with van der Waals surface area (Å²) in [5, 5.41) is 2.81. The molecule has 8 heteroatoms. The Morgan fingerprint density at radius 2 is 1.86 bits per heavy atom. The molecule has 2 atom stereocenters. The van der Waals surface area contributed by atoms with Gasteiger partial charge in [-0.1, -0.05) is 30.3 Å². The molecule has 0 unspecified atom stereocenters. The van der Waals surface area contributed by atoms with Crippen LogP contribution < -0.4 is 10.1 Å². The summed E-state index contributed by atoms with van der Waals surface area (Å²) in [7, 11) is -3.70. The van der Waals surface area contributed by atoms with E-state index < -0.39 is 20.7 Å². The maximum absolute atomic E-state index is 13.2. The Kier molecular flexibility index (Phi) is 4.60. The highest BCUT2D eigenvalue weighted by Crippen LogP contribution is 2.58. The first-order valence-corrected chi connectivity index (χ1v) is 12.3. The second kappa shape index (κ2) is 7.04. The monoisotopic (exact) mass is 430 g/mol. The molecule has 29 heavy (non-hydrogen) atoms. The van der Waals surface area contributed by atoms with Crippen LogP contribution in [0, 0.1) is 5.92 Å². The number of carbonyl (C=O) groups is 1. The number of hydrogen-bond donors (Lipinski definition) is 1. The quantitative estimate of drug-likeness (QED) is 0.763. The second-order valence-electron chi connectivity index (χ2n) is 7.83. The highest BCUT2D eigenvalue weighted by molar-refractivity contribution is 8.00. The Labute approximate surface area is 174 Å². The highest BCUT2D eigenvalue weighted by Gasteiger charge is 2.75. The van der Waals surface area contributed by atoms with Gasteiger partial charge in [0.25, 0.3) is 0 Å². The number of amides is 1. The van der Waals surface area contributed by atoms with Crippen molar-refractivity contribution in [2.45, 2.75) is 23.8 Å². The molecule has 3 aliphatic rings. The van der Waals surface area contributed by atoms with Crippen molar-refractivity contribution in [1.82, 2.24) is 4.31 Å². The van der Waals surface area contributed by atoms with Crippen LogP contribution in [0.3, 0.4) is 0 Å². The number of ether oxygens (including phenoxy) is 1. The number of hydrogen-bond acceptors (Lipinski definition) is 5. The number of nitrogens with zero attached hydrogens (tertiary/aromatic N) is 1. The highest BCUT2D eigenvalue weighted by atomic mass is 32.2. The first-order chi connectivity index (χ1) is 14.0. The SMILES string of the molecule is O=C(Nc1ccc(OC2CSC2)cc1)[C@@]12C[C@@H]1CN(Cc1ccccc1)S2(=O)=O. The van der Waals surface area contributed by atoms with Gasteiger partial charge in [-0.3, -0.25) is 4.79 Å². The molecule has 0 aromatic heterocycles. The molecule has 3 fully saturated rings. The number of rotatable bonds is 6. The minimum absolute atomic E-state index is 0.144. The van der Waals surface area contributed by atoms with E-state index in [4.69, 9.17) is 4.74 Å². The Morgan fingerprint density at radius 1 is 1.14 bits per heavy atom. The molecule has 0 bridgehead atoms. The van der Waals surface area contributed by atoms with Gasteiger partial charge < -0.3 is 10.1 Å². The van der Waals surface area contributed by atoms with Crippen LogP contribution in [0.5, 0.6) is 5.75 Å². The molecule has 2 aliphatic heterocycles. The molecule has 1 saturated carbocycles. The Morgan fingerprint density at radius 3 is 2.52 bits per heavy atom. The van der Waals surface area contributed by atoms with Crippen molar-refractivity contribution in [2.24, 2.45) is 5.92 Å². The van der Waals surface area contributed by atoms with E-state index in [2.05, 4.69) is 5.32 Å². The molecule has 0 spiro atoms. The van der Waals surface area contributed by atoms with Gasteiger partial charge in [-0.15, -0.1) is 0 Å². The van der Waals surface area contributed by atoms with Crippen molar-refractivity contribution in [3.8, 4) is 5.75 Å². The Hall–Kier alpha value is -2.03. The molecular weight excluding hydrogens is 408 g/mol. The summed E-state index contributed by atoms with van der Waals surface area (Å²) in [5.41, 5.74) is 1.51. The van der Waals surface area contributed by atoms with E-state index in [9.17, 15) is 13.2 Å². The second-order valence-corrected chi connectivity index (χ2v) is 11.1. The number of anilines is 1. The molecule has 2 heterocycles. The average molecular weight is 431 g/mol. The number of nitrogens with one attached hydrogen (secondary N) is 1. The predicted octanol–water partition coefficient (Wildman–Crippen LogP) is 2.72. The summed E-state index contributed by atoms with van der Waals surface area (Å²) in [6.45, 7) is 0.705. The molecule has 2 aromatic carbocycles. The first-order valence-electron chi connectivity index (χ1n) is 9.68. The zero-order chi connectivity index (χ0) is 20.1. The summed E-state index contributed by atoms with van der Waals surface area (Å²) in [5.74, 6) is 2.19. The molecule has 5 rings (SSSR count). The van der Waals surface area contributed by atoms with Crippen LogP contribution >= 0.6 is 11.8 Å². The molecule has 1 N–H and O–H groups in total. The van der Waals surface area contributed by atoms with Gasteiger partial charge in [-0.05, 0) is 36.2 Å². The standard InChI is InChI=1S/C21H22N2O4S2/c24-20(22-17-6-8-18(9-7-17)27-19-13-28-14-19)21-10-16(21)12-23(29(21,25)26)11-15-4-2-1-3-5-15/h1-9,16,19H,10-14H2,(H,22,24)/t16-,21-/m1/s1. The van der Waals surface area contributed by atoms with E-state index in [1.54, 1.807) is 12.1 Å². The zero-order valence-electron chi connectivity index (χ0n) is 15.8. The maximum atomic E-state index is 13.2. The summed E-state index contributed by atoms with van der Waals surface area (Å²) in [6, 6.07) is 16.6. The van der Waals surface area contributed by atoms with Crippen molar-refractivity contribution in [2.75, 3.05) is 23.4 Å². The van der Waals surface area contributed by atoms with E-state index in [-0.39, 0.29) is 12.0 Å². The smallest absolute Gasteiger partial charge is 0.247 e. The van der Waals surface area contributed by atoms with Gasteiger partial charge in [0.2, 0.25) is 15.9 Å². The fourth-order valence-electron chi connectivity index (χ4n) is 4.07. The van der Waals surface area contributed by atoms with Crippen LogP contribution in [0.1, 0.15) is 12.0 Å². The summed E-state index contributed by atoms with van der Waals surface area (Å²) >= 11 is 1.85. The molecule has 1 amide bonds. The molecule has 152 valence electrons. The van der Waals surface area contributed by atoms with Crippen molar-refractivity contribution in [3.05, 3.63) is 60.2 Å². The number of benzene rings is 2. The van der Waals surface area contributed by atoms with Crippen LogP contribution in [0.2, 0.25) is 0 Å². The minimum atomic E-state index is -3.70. The van der Waals surface area contributed by atoms with Gasteiger partial charge >= 0.3 is 0 Å². The van der Waals surface area contributed by atoms with Gasteiger partial charge in [0.05, 0.1) is 0 Å². The van der Waals surface area contributed by atoms with Gasteiger partial charge in [-0.25, -0.2) is 8.42 Å². The van der Waals surface area contributed by atoms with Crippen LogP contribution in [0.15, 0.2) is 54.6 Å². The molecule has 0 radical (unpaired) electrons. The first kappa shape index (κ1) is 19.0. The van der Waals surface area contributed by atoms with Crippen LogP contribution in [0.4, 0.5) is 5.69 Å². The van der Waals surface area contributed by atoms with Crippen molar-refractivity contribution in [3.63, 3.8) is 0 Å². The summed E-state index contributed by atoms with van der Waals surface area (Å²) < 4.78 is 32.2. The largest absolute Gasteiger partial charge is 0.489 e. The van der Waals surface area contributed by atoms with Crippen molar-refractivity contribution >= 4 is 33.4 Å². The van der Waals surface area contributed by atoms with E-state index >= 15 is 0 Å². The van der Waals surface area contributed by atoms with Crippen molar-refractivity contribution in [1.29, 1.82) is 0 Å². The fourth-order valence-corrected chi connectivity index (χ4v) is 6.98. The zero-order valence-corrected chi connectivity index (χ0v) is 17.4. The normalized spacial score (nSPS) is 27.7. The molecule has 1 aliphatic carbocycles. The van der Waals surface area contributed by atoms with Crippen LogP contribution in [-0.4, -0.2) is 47.5 Å². The lowest BCUT2D eigenvalue weighted by Gasteiger charge is -2.26. The van der Waals surface area contributed by atoms with E-state index in [1.165, 1.54) is 4.31 Å². The third-order valence-corrected chi connectivity index (χ3v) is 9.66. The van der Waals surface area contributed by atoms with Gasteiger partial charge in [0.15, 0.2) is 4.75 Å². The van der Waals surface area contributed by atoms with E-state index in [0.717, 1.165) is 22.8 Å². The van der Waals surface area contributed by atoms with Gasteiger partial charge in [0.1, 0.15) is 11.9 Å². The van der Waals surface area contributed by atoms with E-state index in [1.807, 2.05) is 54.2 Å². The Balaban J connectivity index is 1.27. The number of carbonyl (C=O) groups excluding carboxylic acids is 1. The van der Waals surface area contributed by atoms with Gasteiger partial charge in [0, 0.05) is 36.2 Å². The topological polar surface area (TPSA) is 75.7 Å². The fraction of sp³-hybridized carbons (Fsp3) is 0.381. The number of sulfonamides is 1. The van der Waals surface area contributed by atoms with Crippen LogP contribution in [-0.2, 0) is 21.4 Å². The average Bonchev–Trinajstić information content (AvgIpc) is 3.37. The predicted molar refractivity (Wildman–Crippen MR) is 113 cm³/mol. The Bertz CT molecular complexity index is 1020. The third-order valence-electron chi connectivity index (χ3n) is 5.88. The molecule has 6 nitrogen and oxygen atoms in total. The van der Waals surface area contributed by atoms with Crippen LogP contribution in [0.25, 0.3) is 0 Å². The summed E-state index contributed by atoms with van der Waals surface area (Å²) in [6.07, 6.45) is 0.651. The third kappa shape index (κ3) is 3.23. The van der Waals surface area contributed by atoms with E-state index in [0.29, 0.717) is 25.2 Å². The lowest BCUT2D eigenvalue weighted by molar-refractivity contribution is -0.116. The lowest BCUT2D eigenvalue weighted by atomic mass is 10.2. The number of fused-ring (bicyclic) bond motifs is 1. The lowest BCUT2D eigenvalue weighted by Crippen LogP contribution is -2.41. The molecule has 2 aromatic rings. The molecular formula is C21H22N2O4S2. The van der Waals surface area contributed by atoms with Gasteiger partial charge in [-0.2, -0.15) is 16.1 Å². The summed E-state index contributed by atoms with van der Waals surface area (Å²) in [4.78, 5) is 13.0. The number of thioether (sulfide) groups is 1. The maximum Gasteiger partial charge on any atom is 0.247 e. The molecule has 2 saturated heterocycles. The minimum Gasteiger partial charge on any atom is -0.489 e.